The van der Waals surface area contributed by atoms with E-state index in [0.717, 1.165) is 31.1 Å². The molecule has 0 unspecified atom stereocenters. The lowest BCUT2D eigenvalue weighted by molar-refractivity contribution is 0.341. The minimum atomic E-state index is 0.413. The number of nitrogens with one attached hydrogen (secondary N) is 1. The van der Waals surface area contributed by atoms with Gasteiger partial charge in [0.2, 0.25) is 0 Å². The van der Waals surface area contributed by atoms with Crippen LogP contribution in [0.15, 0.2) is 24.4 Å². The smallest absolute Gasteiger partial charge is 0.125 e. The largest absolute Gasteiger partial charge is 0.370 e. The molecule has 70 valence electrons. The highest BCUT2D eigenvalue weighted by Gasteiger charge is 2.26. The van der Waals surface area contributed by atoms with Gasteiger partial charge >= 0.3 is 0 Å². The SMILES string of the molecule is ClC1CC(CNc2ccccn2)C1. The topological polar surface area (TPSA) is 24.9 Å². The van der Waals surface area contributed by atoms with Gasteiger partial charge < -0.3 is 5.32 Å². The lowest BCUT2D eigenvalue weighted by atomic mass is 9.85. The summed E-state index contributed by atoms with van der Waals surface area (Å²) in [5.41, 5.74) is 0. The Kier molecular flexibility index (Phi) is 2.69. The van der Waals surface area contributed by atoms with E-state index in [1.165, 1.54) is 0 Å². The maximum Gasteiger partial charge on any atom is 0.125 e. The molecule has 1 aliphatic rings. The highest BCUT2D eigenvalue weighted by molar-refractivity contribution is 6.21. The maximum absolute atomic E-state index is 5.88. The number of halogens is 1. The van der Waals surface area contributed by atoms with Crippen LogP contribution in [0.4, 0.5) is 5.82 Å². The summed E-state index contributed by atoms with van der Waals surface area (Å²) in [6, 6.07) is 5.89. The first-order valence-electron chi connectivity index (χ1n) is 4.63. The van der Waals surface area contributed by atoms with Crippen LogP contribution in [0.1, 0.15) is 12.8 Å². The Morgan fingerprint density at radius 2 is 2.31 bits per heavy atom. The number of nitrogens with zero attached hydrogens (tertiary/aromatic N) is 1. The molecule has 0 atom stereocenters. The molecule has 1 heterocycles. The number of rotatable bonds is 3. The van der Waals surface area contributed by atoms with Crippen molar-refractivity contribution in [1.29, 1.82) is 0 Å². The molecule has 1 fully saturated rings. The van der Waals surface area contributed by atoms with Gasteiger partial charge in [-0.1, -0.05) is 6.07 Å². The molecule has 1 saturated carbocycles. The molecule has 0 saturated heterocycles. The van der Waals surface area contributed by atoms with Gasteiger partial charge in [-0.05, 0) is 30.9 Å². The molecule has 2 rings (SSSR count). The predicted molar refractivity (Wildman–Crippen MR) is 55.1 cm³/mol. The number of hydrogen-bond acceptors (Lipinski definition) is 2. The van der Waals surface area contributed by atoms with Crippen LogP contribution in [0, 0.1) is 5.92 Å². The fraction of sp³-hybridized carbons (Fsp3) is 0.500. The zero-order valence-electron chi connectivity index (χ0n) is 7.41. The van der Waals surface area contributed by atoms with E-state index in [4.69, 9.17) is 11.6 Å². The molecule has 1 aliphatic carbocycles. The van der Waals surface area contributed by atoms with Crippen molar-refractivity contribution >= 4 is 17.4 Å². The summed E-state index contributed by atoms with van der Waals surface area (Å²) in [6.07, 6.45) is 4.08. The third-order valence-electron chi connectivity index (χ3n) is 2.41. The predicted octanol–water partition coefficient (Wildman–Crippen LogP) is 2.51. The van der Waals surface area contributed by atoms with Crippen LogP contribution in [0.3, 0.4) is 0 Å². The molecule has 0 aromatic carbocycles. The molecule has 1 aromatic heterocycles. The van der Waals surface area contributed by atoms with E-state index in [1.807, 2.05) is 18.2 Å². The molecular formula is C10H13ClN2. The Bertz CT molecular complexity index is 257. The van der Waals surface area contributed by atoms with Gasteiger partial charge in [-0.25, -0.2) is 4.98 Å². The first-order chi connectivity index (χ1) is 6.34. The summed E-state index contributed by atoms with van der Waals surface area (Å²) >= 11 is 5.88. The molecule has 13 heavy (non-hydrogen) atoms. The lowest BCUT2D eigenvalue weighted by Gasteiger charge is -2.30. The van der Waals surface area contributed by atoms with Crippen molar-refractivity contribution in [3.05, 3.63) is 24.4 Å². The zero-order valence-corrected chi connectivity index (χ0v) is 8.17. The summed E-state index contributed by atoms with van der Waals surface area (Å²) in [4.78, 5) is 4.18. The number of aromatic nitrogens is 1. The summed E-state index contributed by atoms with van der Waals surface area (Å²) in [6.45, 7) is 1.00. The molecule has 1 N–H and O–H groups in total. The third-order valence-corrected chi connectivity index (χ3v) is 2.77. The molecule has 2 nitrogen and oxygen atoms in total. The van der Waals surface area contributed by atoms with Gasteiger partial charge in [0.1, 0.15) is 5.82 Å². The summed E-state index contributed by atoms with van der Waals surface area (Å²) in [5.74, 6) is 1.70. The molecule has 0 aliphatic heterocycles. The van der Waals surface area contributed by atoms with E-state index >= 15 is 0 Å². The second kappa shape index (κ2) is 3.97. The van der Waals surface area contributed by atoms with Gasteiger partial charge in [-0.15, -0.1) is 11.6 Å². The third kappa shape index (κ3) is 2.34. The average Bonchev–Trinajstić information content (AvgIpc) is 2.12. The lowest BCUT2D eigenvalue weighted by Crippen LogP contribution is -2.30. The molecule has 1 aromatic rings. The van der Waals surface area contributed by atoms with Crippen molar-refractivity contribution in [2.45, 2.75) is 18.2 Å². The van der Waals surface area contributed by atoms with Gasteiger partial charge in [0.25, 0.3) is 0 Å². The van der Waals surface area contributed by atoms with Gasteiger partial charge in [0.15, 0.2) is 0 Å². The number of anilines is 1. The maximum atomic E-state index is 5.88. The van der Waals surface area contributed by atoms with Crippen LogP contribution in [-0.4, -0.2) is 16.9 Å². The minimum Gasteiger partial charge on any atom is -0.370 e. The Labute approximate surface area is 83.3 Å². The summed E-state index contributed by atoms with van der Waals surface area (Å²) in [7, 11) is 0. The van der Waals surface area contributed by atoms with Crippen LogP contribution in [0.5, 0.6) is 0 Å². The Morgan fingerprint density at radius 3 is 2.92 bits per heavy atom. The van der Waals surface area contributed by atoms with Crippen molar-refractivity contribution in [2.75, 3.05) is 11.9 Å². The Morgan fingerprint density at radius 1 is 1.46 bits per heavy atom. The van der Waals surface area contributed by atoms with Crippen LogP contribution < -0.4 is 5.32 Å². The van der Waals surface area contributed by atoms with Crippen molar-refractivity contribution in [1.82, 2.24) is 4.98 Å². The van der Waals surface area contributed by atoms with Crippen molar-refractivity contribution in [3.63, 3.8) is 0 Å². The Hall–Kier alpha value is -0.760. The summed E-state index contributed by atoms with van der Waals surface area (Å²) in [5, 5.41) is 3.71. The first-order valence-corrected chi connectivity index (χ1v) is 5.07. The van der Waals surface area contributed by atoms with Gasteiger partial charge in [-0.2, -0.15) is 0 Å². The van der Waals surface area contributed by atoms with Crippen molar-refractivity contribution in [3.8, 4) is 0 Å². The number of hydrogen-bond donors (Lipinski definition) is 1. The minimum absolute atomic E-state index is 0.413. The highest BCUT2D eigenvalue weighted by Crippen LogP contribution is 2.31. The second-order valence-electron chi connectivity index (χ2n) is 3.53. The van der Waals surface area contributed by atoms with E-state index in [1.54, 1.807) is 6.20 Å². The quantitative estimate of drug-likeness (QED) is 0.752. The fourth-order valence-corrected chi connectivity index (χ4v) is 2.04. The van der Waals surface area contributed by atoms with Crippen molar-refractivity contribution in [2.24, 2.45) is 5.92 Å². The summed E-state index contributed by atoms with van der Waals surface area (Å²) < 4.78 is 0. The van der Waals surface area contributed by atoms with E-state index in [9.17, 15) is 0 Å². The number of pyridine rings is 1. The van der Waals surface area contributed by atoms with Crippen LogP contribution in [-0.2, 0) is 0 Å². The van der Waals surface area contributed by atoms with Gasteiger partial charge in [0.05, 0.1) is 0 Å². The van der Waals surface area contributed by atoms with Gasteiger partial charge in [0, 0.05) is 18.1 Å². The molecule has 0 spiro atoms. The number of alkyl halides is 1. The molecule has 0 bridgehead atoms. The Balaban J connectivity index is 1.74. The van der Waals surface area contributed by atoms with E-state index < -0.39 is 0 Å². The fourth-order valence-electron chi connectivity index (χ4n) is 1.54. The monoisotopic (exact) mass is 196 g/mol. The highest BCUT2D eigenvalue weighted by atomic mass is 35.5. The standard InChI is InChI=1S/C10H13ClN2/c11-9-5-8(6-9)7-13-10-3-1-2-4-12-10/h1-4,8-9H,5-7H2,(H,12,13). The zero-order chi connectivity index (χ0) is 9.10. The molecule has 0 amide bonds. The van der Waals surface area contributed by atoms with Gasteiger partial charge in [-0.3, -0.25) is 0 Å². The van der Waals surface area contributed by atoms with Crippen LogP contribution in [0.25, 0.3) is 0 Å². The van der Waals surface area contributed by atoms with E-state index in [2.05, 4.69) is 10.3 Å². The van der Waals surface area contributed by atoms with E-state index in [-0.39, 0.29) is 0 Å². The molecule has 0 radical (unpaired) electrons. The normalized spacial score (nSPS) is 26.5. The van der Waals surface area contributed by atoms with Crippen LogP contribution in [0.2, 0.25) is 0 Å². The molecule has 3 heteroatoms. The molecular weight excluding hydrogens is 184 g/mol. The average molecular weight is 197 g/mol. The second-order valence-corrected chi connectivity index (χ2v) is 4.15. The van der Waals surface area contributed by atoms with Crippen LogP contribution >= 0.6 is 11.6 Å². The first kappa shape index (κ1) is 8.82. The van der Waals surface area contributed by atoms with E-state index in [0.29, 0.717) is 5.38 Å². The van der Waals surface area contributed by atoms with Crippen molar-refractivity contribution < 1.29 is 0 Å².